The number of carbonyl (C=O) groups is 1. The van der Waals surface area contributed by atoms with Crippen LogP contribution in [0.1, 0.15) is 24.3 Å². The van der Waals surface area contributed by atoms with E-state index in [2.05, 4.69) is 38.4 Å². The molecule has 0 radical (unpaired) electrons. The minimum Gasteiger partial charge on any atom is -0.464 e. The molecule has 20 heavy (non-hydrogen) atoms. The summed E-state index contributed by atoms with van der Waals surface area (Å²) in [7, 11) is 5.41. The van der Waals surface area contributed by atoms with Crippen molar-refractivity contribution in [1.29, 1.82) is 0 Å². The molecule has 0 saturated carbocycles. The summed E-state index contributed by atoms with van der Waals surface area (Å²) >= 11 is 0. The van der Waals surface area contributed by atoms with E-state index in [1.54, 1.807) is 6.20 Å². The van der Waals surface area contributed by atoms with Gasteiger partial charge in [0.1, 0.15) is 5.82 Å². The molecule has 0 aliphatic rings. The zero-order chi connectivity index (χ0) is 15.1. The van der Waals surface area contributed by atoms with Gasteiger partial charge in [0.25, 0.3) is 0 Å². The van der Waals surface area contributed by atoms with Gasteiger partial charge >= 0.3 is 5.97 Å². The minimum absolute atomic E-state index is 0.239. The van der Waals surface area contributed by atoms with Crippen LogP contribution in [-0.4, -0.2) is 61.7 Å². The van der Waals surface area contributed by atoms with Gasteiger partial charge in [-0.25, -0.2) is 9.78 Å². The molecule has 0 bridgehead atoms. The number of anilines is 1. The number of rotatable bonds is 7. The van der Waals surface area contributed by atoms with Gasteiger partial charge in [0.05, 0.1) is 19.5 Å². The van der Waals surface area contributed by atoms with Crippen molar-refractivity contribution in [3.63, 3.8) is 0 Å². The highest BCUT2D eigenvalue weighted by Crippen LogP contribution is 2.12. The summed E-state index contributed by atoms with van der Waals surface area (Å²) < 4.78 is 4.68. The van der Waals surface area contributed by atoms with Gasteiger partial charge in [-0.15, -0.1) is 0 Å². The predicted molar refractivity (Wildman–Crippen MR) is 79.0 cm³/mol. The van der Waals surface area contributed by atoms with Crippen LogP contribution in [0.4, 0.5) is 5.82 Å². The highest BCUT2D eigenvalue weighted by Gasteiger charge is 2.14. The second-order valence-electron chi connectivity index (χ2n) is 5.40. The summed E-state index contributed by atoms with van der Waals surface area (Å²) in [5.74, 6) is 0.751. The lowest BCUT2D eigenvalue weighted by molar-refractivity contribution is 0.0593. The SMILES string of the molecule is COC(=O)c1cncc(N(CCN(C)C)CC(C)C)n1. The molecule has 0 atom stereocenters. The van der Waals surface area contributed by atoms with Crippen molar-refractivity contribution in [3.8, 4) is 0 Å². The van der Waals surface area contributed by atoms with Crippen LogP contribution in [0.25, 0.3) is 0 Å². The molecular formula is C14H24N4O2. The lowest BCUT2D eigenvalue weighted by atomic mass is 10.2. The smallest absolute Gasteiger partial charge is 0.358 e. The third-order valence-corrected chi connectivity index (χ3v) is 2.74. The number of esters is 1. The molecule has 6 heteroatoms. The monoisotopic (exact) mass is 280 g/mol. The van der Waals surface area contributed by atoms with Crippen LogP contribution in [0.15, 0.2) is 12.4 Å². The van der Waals surface area contributed by atoms with Gasteiger partial charge in [-0.3, -0.25) is 4.98 Å². The minimum atomic E-state index is -0.462. The van der Waals surface area contributed by atoms with Crippen molar-refractivity contribution in [3.05, 3.63) is 18.1 Å². The third kappa shape index (κ3) is 5.13. The van der Waals surface area contributed by atoms with E-state index in [4.69, 9.17) is 0 Å². The van der Waals surface area contributed by atoms with Crippen molar-refractivity contribution in [2.45, 2.75) is 13.8 Å². The van der Waals surface area contributed by atoms with Crippen LogP contribution in [-0.2, 0) is 4.74 Å². The molecule has 0 fully saturated rings. The molecule has 0 aliphatic carbocycles. The average Bonchev–Trinajstić information content (AvgIpc) is 2.42. The molecule has 0 aromatic carbocycles. The van der Waals surface area contributed by atoms with Gasteiger partial charge in [-0.2, -0.15) is 0 Å². The second kappa shape index (κ2) is 7.79. The standard InChI is InChI=1S/C14H24N4O2/c1-11(2)10-18(7-6-17(3)4)13-9-15-8-12(16-13)14(19)20-5/h8-9,11H,6-7,10H2,1-5H3. The highest BCUT2D eigenvalue weighted by atomic mass is 16.5. The maximum Gasteiger partial charge on any atom is 0.358 e. The van der Waals surface area contributed by atoms with Gasteiger partial charge in [-0.1, -0.05) is 13.8 Å². The van der Waals surface area contributed by atoms with Crippen LogP contribution < -0.4 is 4.90 Å². The summed E-state index contributed by atoms with van der Waals surface area (Å²) in [6, 6.07) is 0. The zero-order valence-electron chi connectivity index (χ0n) is 13.0. The number of ether oxygens (including phenoxy) is 1. The van der Waals surface area contributed by atoms with Crippen molar-refractivity contribution >= 4 is 11.8 Å². The summed E-state index contributed by atoms with van der Waals surface area (Å²) in [6.07, 6.45) is 3.11. The van der Waals surface area contributed by atoms with Crippen molar-refractivity contribution in [1.82, 2.24) is 14.9 Å². The van der Waals surface area contributed by atoms with E-state index in [1.807, 2.05) is 14.1 Å². The first-order valence-electron chi connectivity index (χ1n) is 6.74. The van der Waals surface area contributed by atoms with E-state index in [9.17, 15) is 4.79 Å². The molecule has 112 valence electrons. The number of aromatic nitrogens is 2. The Hall–Kier alpha value is -1.69. The van der Waals surface area contributed by atoms with Crippen LogP contribution >= 0.6 is 0 Å². The van der Waals surface area contributed by atoms with Crippen molar-refractivity contribution < 1.29 is 9.53 Å². The molecule has 1 aromatic rings. The van der Waals surface area contributed by atoms with E-state index in [-0.39, 0.29) is 5.69 Å². The van der Waals surface area contributed by atoms with E-state index in [1.165, 1.54) is 13.3 Å². The van der Waals surface area contributed by atoms with Gasteiger partial charge in [0.2, 0.25) is 0 Å². The molecule has 6 nitrogen and oxygen atoms in total. The second-order valence-corrected chi connectivity index (χ2v) is 5.40. The maximum absolute atomic E-state index is 11.5. The van der Waals surface area contributed by atoms with Gasteiger partial charge < -0.3 is 14.5 Å². The topological polar surface area (TPSA) is 58.6 Å². The van der Waals surface area contributed by atoms with Crippen molar-refractivity contribution in [2.75, 3.05) is 45.7 Å². The van der Waals surface area contributed by atoms with E-state index < -0.39 is 5.97 Å². The molecule has 0 saturated heterocycles. The number of hydrogen-bond donors (Lipinski definition) is 0. The number of nitrogens with zero attached hydrogens (tertiary/aromatic N) is 4. The molecule has 0 aliphatic heterocycles. The molecule has 0 spiro atoms. The van der Waals surface area contributed by atoms with Gasteiger partial charge in [0.15, 0.2) is 5.69 Å². The first-order valence-corrected chi connectivity index (χ1v) is 6.74. The molecule has 1 aromatic heterocycles. The fourth-order valence-corrected chi connectivity index (χ4v) is 1.77. The van der Waals surface area contributed by atoms with Crippen LogP contribution in [0, 0.1) is 5.92 Å². The number of hydrogen-bond acceptors (Lipinski definition) is 6. The first-order chi connectivity index (χ1) is 9.43. The van der Waals surface area contributed by atoms with Gasteiger partial charge in [-0.05, 0) is 20.0 Å². The summed E-state index contributed by atoms with van der Waals surface area (Å²) in [4.78, 5) is 24.2. The zero-order valence-corrected chi connectivity index (χ0v) is 13.0. The fraction of sp³-hybridized carbons (Fsp3) is 0.643. The Balaban J connectivity index is 2.91. The Labute approximate surface area is 120 Å². The quantitative estimate of drug-likeness (QED) is 0.701. The number of methoxy groups -OCH3 is 1. The molecule has 0 unspecified atom stereocenters. The summed E-state index contributed by atoms with van der Waals surface area (Å²) in [5.41, 5.74) is 0.239. The third-order valence-electron chi connectivity index (χ3n) is 2.74. The predicted octanol–water partition coefficient (Wildman–Crippen LogP) is 1.29. The maximum atomic E-state index is 11.5. The van der Waals surface area contributed by atoms with Crippen LogP contribution in [0.2, 0.25) is 0 Å². The molecule has 1 rings (SSSR count). The van der Waals surface area contributed by atoms with Crippen LogP contribution in [0.5, 0.6) is 0 Å². The first kappa shape index (κ1) is 16.4. The Morgan fingerprint density at radius 3 is 2.55 bits per heavy atom. The van der Waals surface area contributed by atoms with E-state index >= 15 is 0 Å². The largest absolute Gasteiger partial charge is 0.464 e. The van der Waals surface area contributed by atoms with Crippen LogP contribution in [0.3, 0.4) is 0 Å². The highest BCUT2D eigenvalue weighted by molar-refractivity contribution is 5.87. The van der Waals surface area contributed by atoms with Gasteiger partial charge in [0, 0.05) is 19.6 Å². The molecule has 1 heterocycles. The molecular weight excluding hydrogens is 256 g/mol. The summed E-state index contributed by atoms with van der Waals surface area (Å²) in [6.45, 7) is 6.93. The molecule has 0 N–H and O–H groups in total. The lowest BCUT2D eigenvalue weighted by Crippen LogP contribution is -2.35. The number of likely N-dealkylation sites (N-methyl/N-ethyl adjacent to an activating group) is 1. The molecule has 0 amide bonds. The normalized spacial score (nSPS) is 10.9. The summed E-state index contributed by atoms with van der Waals surface area (Å²) in [5, 5.41) is 0. The lowest BCUT2D eigenvalue weighted by Gasteiger charge is -2.26. The van der Waals surface area contributed by atoms with E-state index in [0.29, 0.717) is 11.7 Å². The number of carbonyl (C=O) groups excluding carboxylic acids is 1. The Kier molecular flexibility index (Phi) is 6.38. The fourth-order valence-electron chi connectivity index (χ4n) is 1.77. The average molecular weight is 280 g/mol. The van der Waals surface area contributed by atoms with E-state index in [0.717, 1.165) is 19.6 Å². The Morgan fingerprint density at radius 1 is 1.30 bits per heavy atom. The Bertz CT molecular complexity index is 435. The van der Waals surface area contributed by atoms with Crippen molar-refractivity contribution in [2.24, 2.45) is 5.92 Å². The Morgan fingerprint density at radius 2 is 2.00 bits per heavy atom.